The van der Waals surface area contributed by atoms with Gasteiger partial charge in [0.05, 0.1) is 40.9 Å². The standard InChI is InChI=1S/C14H22NO4/c1-15(2,3)8-9-19-14(16)11-6-7-12(17-4)13(10-11)18-5/h6-7,10H,8-9H2,1-5H3/q+1. The number of likely N-dealkylation sites (N-methyl/N-ethyl adjacent to an activating group) is 1. The smallest absolute Gasteiger partial charge is 0.338 e. The van der Waals surface area contributed by atoms with E-state index in [1.54, 1.807) is 25.3 Å². The van der Waals surface area contributed by atoms with Gasteiger partial charge in [0.1, 0.15) is 13.2 Å². The Morgan fingerprint density at radius 1 is 1.11 bits per heavy atom. The molecule has 106 valence electrons. The maximum Gasteiger partial charge on any atom is 0.338 e. The van der Waals surface area contributed by atoms with Crippen molar-refractivity contribution in [2.24, 2.45) is 0 Å². The minimum Gasteiger partial charge on any atom is -0.493 e. The van der Waals surface area contributed by atoms with E-state index in [1.807, 2.05) is 21.1 Å². The lowest BCUT2D eigenvalue weighted by atomic mass is 10.2. The zero-order chi connectivity index (χ0) is 14.5. The van der Waals surface area contributed by atoms with Crippen LogP contribution in [-0.4, -0.2) is 59.0 Å². The van der Waals surface area contributed by atoms with Crippen LogP contribution in [0.15, 0.2) is 18.2 Å². The summed E-state index contributed by atoms with van der Waals surface area (Å²) in [6, 6.07) is 4.97. The van der Waals surface area contributed by atoms with Gasteiger partial charge in [0, 0.05) is 0 Å². The molecule has 0 saturated heterocycles. The summed E-state index contributed by atoms with van der Waals surface area (Å²) >= 11 is 0. The van der Waals surface area contributed by atoms with E-state index in [1.165, 1.54) is 7.11 Å². The molecule has 5 heteroatoms. The van der Waals surface area contributed by atoms with Gasteiger partial charge in [-0.1, -0.05) is 0 Å². The van der Waals surface area contributed by atoms with E-state index >= 15 is 0 Å². The molecule has 1 rings (SSSR count). The second-order valence-electron chi connectivity index (χ2n) is 5.22. The third-order valence-corrected chi connectivity index (χ3v) is 2.61. The number of carbonyl (C=O) groups is 1. The van der Waals surface area contributed by atoms with Crippen molar-refractivity contribution >= 4 is 5.97 Å². The molecule has 0 aliphatic heterocycles. The number of carbonyl (C=O) groups excluding carboxylic acids is 1. The molecule has 0 atom stereocenters. The van der Waals surface area contributed by atoms with Crippen molar-refractivity contribution in [1.82, 2.24) is 0 Å². The zero-order valence-electron chi connectivity index (χ0n) is 12.2. The number of rotatable bonds is 6. The lowest BCUT2D eigenvalue weighted by Crippen LogP contribution is -2.38. The van der Waals surface area contributed by atoms with E-state index in [0.717, 1.165) is 11.0 Å². The summed E-state index contributed by atoms with van der Waals surface area (Å²) in [5.41, 5.74) is 0.457. The Bertz CT molecular complexity index is 438. The number of methoxy groups -OCH3 is 2. The Kier molecular flexibility index (Phi) is 5.18. The van der Waals surface area contributed by atoms with Gasteiger partial charge in [0.2, 0.25) is 0 Å². The van der Waals surface area contributed by atoms with Gasteiger partial charge in [-0.25, -0.2) is 4.79 Å². The number of ether oxygens (including phenoxy) is 3. The van der Waals surface area contributed by atoms with Crippen LogP contribution in [0.3, 0.4) is 0 Å². The maximum atomic E-state index is 11.9. The van der Waals surface area contributed by atoms with Crippen molar-refractivity contribution in [3.05, 3.63) is 23.8 Å². The summed E-state index contributed by atoms with van der Waals surface area (Å²) in [4.78, 5) is 11.9. The van der Waals surface area contributed by atoms with Crippen LogP contribution in [0.5, 0.6) is 11.5 Å². The molecule has 5 nitrogen and oxygen atoms in total. The van der Waals surface area contributed by atoms with E-state index in [4.69, 9.17) is 14.2 Å². The molecule has 0 radical (unpaired) electrons. The Hall–Kier alpha value is -1.75. The topological polar surface area (TPSA) is 44.8 Å². The van der Waals surface area contributed by atoms with Crippen LogP contribution in [0.2, 0.25) is 0 Å². The molecule has 0 N–H and O–H groups in total. The molecule has 0 aromatic heterocycles. The summed E-state index contributed by atoms with van der Waals surface area (Å²) in [6.07, 6.45) is 0. The van der Waals surface area contributed by atoms with E-state index in [2.05, 4.69) is 0 Å². The summed E-state index contributed by atoms with van der Waals surface area (Å²) in [6.45, 7) is 1.15. The van der Waals surface area contributed by atoms with Gasteiger partial charge in [-0.2, -0.15) is 0 Å². The first kappa shape index (κ1) is 15.3. The van der Waals surface area contributed by atoms with Crippen LogP contribution in [0, 0.1) is 0 Å². The van der Waals surface area contributed by atoms with Crippen LogP contribution >= 0.6 is 0 Å². The van der Waals surface area contributed by atoms with Gasteiger partial charge in [-0.3, -0.25) is 0 Å². The fourth-order valence-electron chi connectivity index (χ4n) is 1.46. The van der Waals surface area contributed by atoms with Crippen molar-refractivity contribution in [1.29, 1.82) is 0 Å². The normalized spacial score (nSPS) is 11.0. The Labute approximate surface area is 114 Å². The number of hydrogen-bond donors (Lipinski definition) is 0. The molecule has 0 unspecified atom stereocenters. The Morgan fingerprint density at radius 3 is 2.26 bits per heavy atom. The quantitative estimate of drug-likeness (QED) is 0.580. The number of quaternary nitrogens is 1. The van der Waals surface area contributed by atoms with Gasteiger partial charge in [-0.05, 0) is 18.2 Å². The number of benzene rings is 1. The first-order chi connectivity index (χ1) is 8.87. The molecule has 0 aliphatic rings. The number of hydrogen-bond acceptors (Lipinski definition) is 4. The number of nitrogens with zero attached hydrogens (tertiary/aromatic N) is 1. The highest BCUT2D eigenvalue weighted by Gasteiger charge is 2.13. The average molecular weight is 268 g/mol. The SMILES string of the molecule is COc1ccc(C(=O)OCC[N+](C)(C)C)cc1OC. The fraction of sp³-hybridized carbons (Fsp3) is 0.500. The van der Waals surface area contributed by atoms with Gasteiger partial charge in [0.15, 0.2) is 11.5 Å². The average Bonchev–Trinajstić information content (AvgIpc) is 2.36. The van der Waals surface area contributed by atoms with Gasteiger partial charge in [-0.15, -0.1) is 0 Å². The van der Waals surface area contributed by atoms with Crippen LogP contribution in [-0.2, 0) is 4.74 Å². The lowest BCUT2D eigenvalue weighted by molar-refractivity contribution is -0.870. The van der Waals surface area contributed by atoms with Crippen LogP contribution in [0.25, 0.3) is 0 Å². The van der Waals surface area contributed by atoms with Crippen LogP contribution in [0.4, 0.5) is 0 Å². The van der Waals surface area contributed by atoms with E-state index in [9.17, 15) is 4.79 Å². The Balaban J connectivity index is 2.67. The third kappa shape index (κ3) is 4.79. The highest BCUT2D eigenvalue weighted by Crippen LogP contribution is 2.27. The Morgan fingerprint density at radius 2 is 1.74 bits per heavy atom. The summed E-state index contributed by atoms with van der Waals surface area (Å²) in [5.74, 6) is 0.753. The van der Waals surface area contributed by atoms with Crippen molar-refractivity contribution < 1.29 is 23.5 Å². The molecule has 0 heterocycles. The summed E-state index contributed by atoms with van der Waals surface area (Å²) in [5, 5.41) is 0. The molecule has 1 aromatic carbocycles. The van der Waals surface area contributed by atoms with Crippen molar-refractivity contribution in [3.8, 4) is 11.5 Å². The second kappa shape index (κ2) is 6.43. The maximum absolute atomic E-state index is 11.9. The third-order valence-electron chi connectivity index (χ3n) is 2.61. The zero-order valence-corrected chi connectivity index (χ0v) is 12.2. The van der Waals surface area contributed by atoms with E-state index < -0.39 is 0 Å². The molecular weight excluding hydrogens is 246 g/mol. The minimum atomic E-state index is -0.352. The molecule has 0 saturated carbocycles. The second-order valence-corrected chi connectivity index (χ2v) is 5.22. The molecule has 19 heavy (non-hydrogen) atoms. The molecule has 0 bridgehead atoms. The summed E-state index contributed by atoms with van der Waals surface area (Å²) < 4.78 is 16.2. The highest BCUT2D eigenvalue weighted by molar-refractivity contribution is 5.90. The fourth-order valence-corrected chi connectivity index (χ4v) is 1.46. The van der Waals surface area contributed by atoms with Crippen LogP contribution in [0.1, 0.15) is 10.4 Å². The molecule has 0 amide bonds. The minimum absolute atomic E-state index is 0.352. The van der Waals surface area contributed by atoms with Gasteiger partial charge in [0.25, 0.3) is 0 Å². The van der Waals surface area contributed by atoms with Gasteiger partial charge < -0.3 is 18.7 Å². The summed E-state index contributed by atoms with van der Waals surface area (Å²) in [7, 11) is 9.22. The predicted octanol–water partition coefficient (Wildman–Crippen LogP) is 1.57. The van der Waals surface area contributed by atoms with Crippen LogP contribution < -0.4 is 9.47 Å². The molecule has 1 aromatic rings. The van der Waals surface area contributed by atoms with Gasteiger partial charge >= 0.3 is 5.97 Å². The molecule has 0 fully saturated rings. The molecule has 0 aliphatic carbocycles. The first-order valence-electron chi connectivity index (χ1n) is 6.07. The van der Waals surface area contributed by atoms with Crippen molar-refractivity contribution in [2.45, 2.75) is 0 Å². The van der Waals surface area contributed by atoms with Crippen molar-refractivity contribution in [3.63, 3.8) is 0 Å². The largest absolute Gasteiger partial charge is 0.493 e. The monoisotopic (exact) mass is 268 g/mol. The van der Waals surface area contributed by atoms with Crippen molar-refractivity contribution in [2.75, 3.05) is 48.5 Å². The van der Waals surface area contributed by atoms with E-state index in [0.29, 0.717) is 23.7 Å². The number of esters is 1. The van der Waals surface area contributed by atoms with E-state index in [-0.39, 0.29) is 5.97 Å². The first-order valence-corrected chi connectivity index (χ1v) is 6.07. The molecule has 0 spiro atoms. The lowest BCUT2D eigenvalue weighted by Gasteiger charge is -2.23. The predicted molar refractivity (Wildman–Crippen MR) is 72.7 cm³/mol. The highest BCUT2D eigenvalue weighted by atomic mass is 16.5. The molecular formula is C14H22NO4+.